The van der Waals surface area contributed by atoms with Gasteiger partial charge in [0.15, 0.2) is 0 Å². The minimum Gasteiger partial charge on any atom is -0.362 e. The van der Waals surface area contributed by atoms with Gasteiger partial charge in [0.1, 0.15) is 11.6 Å². The van der Waals surface area contributed by atoms with Crippen LogP contribution in [0.2, 0.25) is 0 Å². The molecule has 5 heteroatoms. The van der Waals surface area contributed by atoms with Crippen molar-refractivity contribution in [3.63, 3.8) is 0 Å². The molecule has 0 atom stereocenters. The molecule has 5 aromatic rings. The summed E-state index contributed by atoms with van der Waals surface area (Å²) in [6, 6.07) is 39.8. The number of nitrogens with one attached hydrogen (secondary N) is 1. The predicted molar refractivity (Wildman–Crippen MR) is 189 cm³/mol. The third-order valence-corrected chi connectivity index (χ3v) is 9.85. The molecule has 5 nitrogen and oxygen atoms in total. The number of amides is 1. The summed E-state index contributed by atoms with van der Waals surface area (Å²) < 4.78 is 0. The van der Waals surface area contributed by atoms with E-state index >= 15 is 0 Å². The van der Waals surface area contributed by atoms with Gasteiger partial charge < -0.3 is 10.2 Å². The van der Waals surface area contributed by atoms with Crippen LogP contribution in [0.3, 0.4) is 0 Å². The van der Waals surface area contributed by atoms with E-state index in [9.17, 15) is 4.79 Å². The van der Waals surface area contributed by atoms with Crippen LogP contribution in [0.1, 0.15) is 67.5 Å². The molecule has 1 saturated carbocycles. The van der Waals surface area contributed by atoms with Crippen LogP contribution in [0, 0.1) is 11.8 Å². The number of carbonyl (C=O) groups is 1. The van der Waals surface area contributed by atoms with E-state index in [0.29, 0.717) is 12.3 Å². The lowest BCUT2D eigenvalue weighted by atomic mass is 9.67. The summed E-state index contributed by atoms with van der Waals surface area (Å²) in [4.78, 5) is 25.6. The van der Waals surface area contributed by atoms with Crippen molar-refractivity contribution in [1.82, 2.24) is 15.3 Å². The fourth-order valence-electron chi connectivity index (χ4n) is 7.37. The minimum absolute atomic E-state index is 0.103. The van der Waals surface area contributed by atoms with E-state index in [1.807, 2.05) is 44.4 Å². The Balaban J connectivity index is 1.04. The number of benzene rings is 4. The molecule has 1 fully saturated rings. The van der Waals surface area contributed by atoms with Gasteiger partial charge in [0.2, 0.25) is 5.91 Å². The van der Waals surface area contributed by atoms with Crippen LogP contribution < -0.4 is 10.2 Å². The molecule has 1 aliphatic carbocycles. The van der Waals surface area contributed by atoms with Crippen LogP contribution >= 0.6 is 0 Å². The van der Waals surface area contributed by atoms with E-state index in [4.69, 9.17) is 9.97 Å². The zero-order valence-electron chi connectivity index (χ0n) is 27.2. The molecule has 0 spiro atoms. The summed E-state index contributed by atoms with van der Waals surface area (Å²) in [6.45, 7) is 0.748. The lowest BCUT2D eigenvalue weighted by Gasteiger charge is -2.36. The summed E-state index contributed by atoms with van der Waals surface area (Å²) in [5.41, 5.74) is 3.86. The Kier molecular flexibility index (Phi) is 10.1. The van der Waals surface area contributed by atoms with E-state index in [1.165, 1.54) is 32.1 Å². The Bertz CT molecular complexity index is 1600. The maximum atomic E-state index is 13.8. The molecule has 0 saturated heterocycles. The second kappa shape index (κ2) is 14.7. The average molecular weight is 611 g/mol. The first-order valence-electron chi connectivity index (χ1n) is 16.9. The van der Waals surface area contributed by atoms with E-state index in [2.05, 4.69) is 95.1 Å². The monoisotopic (exact) mass is 610 g/mol. The van der Waals surface area contributed by atoms with Gasteiger partial charge in [-0.15, -0.1) is 0 Å². The number of carbonyl (C=O) groups excluding carboxylic acids is 1. The van der Waals surface area contributed by atoms with Gasteiger partial charge in [0.25, 0.3) is 0 Å². The molecule has 0 aliphatic heterocycles. The van der Waals surface area contributed by atoms with Crippen LogP contribution in [0.15, 0.2) is 115 Å². The molecule has 0 bridgehead atoms. The van der Waals surface area contributed by atoms with Gasteiger partial charge >= 0.3 is 0 Å². The fourth-order valence-corrected chi connectivity index (χ4v) is 7.37. The maximum absolute atomic E-state index is 13.8. The van der Waals surface area contributed by atoms with Crippen LogP contribution in [0.4, 0.5) is 5.82 Å². The first kappa shape index (κ1) is 31.5. The van der Waals surface area contributed by atoms with Gasteiger partial charge in [-0.25, -0.2) is 9.97 Å². The number of hydrogen-bond acceptors (Lipinski definition) is 4. The second-order valence-electron chi connectivity index (χ2n) is 13.1. The quantitative estimate of drug-likeness (QED) is 0.144. The Morgan fingerprint density at radius 2 is 1.24 bits per heavy atom. The van der Waals surface area contributed by atoms with Crippen molar-refractivity contribution in [2.75, 3.05) is 25.5 Å². The number of hydrogen-bond donors (Lipinski definition) is 1. The van der Waals surface area contributed by atoms with Gasteiger partial charge in [-0.2, -0.15) is 0 Å². The third-order valence-electron chi connectivity index (χ3n) is 9.85. The molecule has 1 heterocycles. The van der Waals surface area contributed by atoms with Gasteiger partial charge in [0, 0.05) is 38.9 Å². The summed E-state index contributed by atoms with van der Waals surface area (Å²) in [5.74, 6) is 3.31. The fraction of sp³-hybridized carbons (Fsp3) is 0.341. The van der Waals surface area contributed by atoms with Gasteiger partial charge in [-0.3, -0.25) is 4.79 Å². The summed E-state index contributed by atoms with van der Waals surface area (Å²) >= 11 is 0. The number of rotatable bonds is 12. The summed E-state index contributed by atoms with van der Waals surface area (Å²) in [5, 5.41) is 4.47. The zero-order valence-corrected chi connectivity index (χ0v) is 27.2. The van der Waals surface area contributed by atoms with E-state index < -0.39 is 5.41 Å². The van der Waals surface area contributed by atoms with E-state index in [0.717, 1.165) is 64.5 Å². The van der Waals surface area contributed by atoms with Crippen LogP contribution in [0.25, 0.3) is 10.9 Å². The van der Waals surface area contributed by atoms with Crippen molar-refractivity contribution in [1.29, 1.82) is 0 Å². The Hall–Kier alpha value is -4.51. The number of anilines is 1. The normalized spacial score (nSPS) is 16.7. The summed E-state index contributed by atoms with van der Waals surface area (Å²) in [7, 11) is 4.09. The molecule has 1 aliphatic rings. The smallest absolute Gasteiger partial charge is 0.221 e. The molecule has 4 aromatic carbocycles. The van der Waals surface area contributed by atoms with Crippen molar-refractivity contribution in [2.24, 2.45) is 11.8 Å². The van der Waals surface area contributed by atoms with Crippen LogP contribution in [-0.4, -0.2) is 36.5 Å². The van der Waals surface area contributed by atoms with Crippen molar-refractivity contribution < 1.29 is 4.79 Å². The van der Waals surface area contributed by atoms with Gasteiger partial charge in [0.05, 0.1) is 10.9 Å². The molecule has 236 valence electrons. The zero-order chi connectivity index (χ0) is 31.8. The SMILES string of the molecule is CN(C)c1nc(CCCC2CCC(CNC(=O)CC(c3ccccc3)(c3ccccc3)c3ccccc3)CC2)nc2ccccc12. The first-order valence-corrected chi connectivity index (χ1v) is 16.9. The lowest BCUT2D eigenvalue weighted by molar-refractivity contribution is -0.122. The highest BCUT2D eigenvalue weighted by Gasteiger charge is 2.38. The van der Waals surface area contributed by atoms with Crippen molar-refractivity contribution in [3.8, 4) is 0 Å². The highest BCUT2D eigenvalue weighted by atomic mass is 16.1. The largest absolute Gasteiger partial charge is 0.362 e. The van der Waals surface area contributed by atoms with Crippen molar-refractivity contribution >= 4 is 22.6 Å². The Labute approximate surface area is 274 Å². The standard InChI is InChI=1S/C41H46N4O/c1-45(2)40-36-22-12-13-23-37(36)43-38(44-40)24-14-15-31-25-27-32(28-26-31)30-42-39(46)29-41(33-16-6-3-7-17-33,34-18-8-4-9-19-34)35-20-10-5-11-21-35/h3-13,16-23,31-32H,14-15,24-30H2,1-2H3,(H,42,46). The van der Waals surface area contributed by atoms with Crippen LogP contribution in [-0.2, 0) is 16.6 Å². The Morgan fingerprint density at radius 1 is 0.717 bits per heavy atom. The number of fused-ring (bicyclic) bond motifs is 1. The molecule has 6 rings (SSSR count). The lowest BCUT2D eigenvalue weighted by Crippen LogP contribution is -2.39. The highest BCUT2D eigenvalue weighted by Crippen LogP contribution is 2.42. The molecule has 1 N–H and O–H groups in total. The molecule has 1 amide bonds. The molecular weight excluding hydrogens is 564 g/mol. The third kappa shape index (κ3) is 7.14. The van der Waals surface area contributed by atoms with Gasteiger partial charge in [-0.1, -0.05) is 122 Å². The molecule has 0 radical (unpaired) electrons. The average Bonchev–Trinajstić information content (AvgIpc) is 3.11. The van der Waals surface area contributed by atoms with Crippen LogP contribution in [0.5, 0.6) is 0 Å². The van der Waals surface area contributed by atoms with Crippen molar-refractivity contribution in [2.45, 2.75) is 56.8 Å². The van der Waals surface area contributed by atoms with Crippen molar-refractivity contribution in [3.05, 3.63) is 138 Å². The summed E-state index contributed by atoms with van der Waals surface area (Å²) in [6.07, 6.45) is 8.39. The minimum atomic E-state index is -0.562. The molecule has 46 heavy (non-hydrogen) atoms. The van der Waals surface area contributed by atoms with Gasteiger partial charge in [-0.05, 0) is 59.9 Å². The number of aromatic nitrogens is 2. The predicted octanol–water partition coefficient (Wildman–Crippen LogP) is 8.37. The molecule has 1 aromatic heterocycles. The topological polar surface area (TPSA) is 58.1 Å². The Morgan fingerprint density at radius 3 is 1.80 bits per heavy atom. The highest BCUT2D eigenvalue weighted by molar-refractivity contribution is 5.89. The maximum Gasteiger partial charge on any atom is 0.221 e. The first-order chi connectivity index (χ1) is 22.5. The van der Waals surface area contributed by atoms with E-state index in [1.54, 1.807) is 0 Å². The number of para-hydroxylation sites is 1. The molecule has 0 unspecified atom stereocenters. The molecular formula is C41H46N4O. The van der Waals surface area contributed by atoms with E-state index in [-0.39, 0.29) is 5.91 Å². The number of aryl methyl sites for hydroxylation is 1. The number of nitrogens with zero attached hydrogens (tertiary/aromatic N) is 3. The second-order valence-corrected chi connectivity index (χ2v) is 13.1.